The molecule has 0 fully saturated rings. The minimum atomic E-state index is 0.479. The molecule has 0 spiro atoms. The molecule has 0 heterocycles. The average molecular weight is 133 g/mol. The molecule has 0 aromatic rings. The summed E-state index contributed by atoms with van der Waals surface area (Å²) in [6, 6.07) is 2.04. The minimum absolute atomic E-state index is 0.479. The second-order valence-electron chi connectivity index (χ2n) is 1.91. The van der Waals surface area contributed by atoms with Crippen LogP contribution in [0.15, 0.2) is 36.5 Å². The maximum Gasteiger partial charge on any atom is 0.0663 e. The van der Waals surface area contributed by atoms with Gasteiger partial charge in [0.05, 0.1) is 12.5 Å². The Labute approximate surface area is 62.0 Å². The van der Waals surface area contributed by atoms with Crippen molar-refractivity contribution in [3.8, 4) is 6.07 Å². The monoisotopic (exact) mass is 133 g/mol. The third-order valence-corrected chi connectivity index (χ3v) is 1.01. The van der Waals surface area contributed by atoms with Gasteiger partial charge in [0.1, 0.15) is 0 Å². The minimum Gasteiger partial charge on any atom is -0.198 e. The zero-order valence-electron chi connectivity index (χ0n) is 6.17. The van der Waals surface area contributed by atoms with Crippen LogP contribution in [-0.4, -0.2) is 0 Å². The van der Waals surface area contributed by atoms with Crippen LogP contribution < -0.4 is 0 Å². The lowest BCUT2D eigenvalue weighted by atomic mass is 10.2. The van der Waals surface area contributed by atoms with Crippen LogP contribution in [0.3, 0.4) is 0 Å². The van der Waals surface area contributed by atoms with E-state index in [4.69, 9.17) is 5.26 Å². The maximum absolute atomic E-state index is 8.20. The van der Waals surface area contributed by atoms with Crippen LogP contribution in [-0.2, 0) is 0 Å². The number of hydrogen-bond acceptors (Lipinski definition) is 1. The Hall–Kier alpha value is -1.29. The molecular formula is C9H11N. The molecule has 0 N–H and O–H groups in total. The second kappa shape index (κ2) is 5.84. The summed E-state index contributed by atoms with van der Waals surface area (Å²) in [6.07, 6.45) is 7.84. The van der Waals surface area contributed by atoms with Crippen molar-refractivity contribution in [1.82, 2.24) is 0 Å². The van der Waals surface area contributed by atoms with E-state index in [1.807, 2.05) is 31.2 Å². The average Bonchev–Trinajstić information content (AvgIpc) is 1.97. The quantitative estimate of drug-likeness (QED) is 0.543. The Morgan fingerprint density at radius 3 is 2.90 bits per heavy atom. The SMILES string of the molecule is C=CC=CC(C)=CCC#N. The molecule has 0 aliphatic heterocycles. The Kier molecular flexibility index (Phi) is 5.09. The van der Waals surface area contributed by atoms with Crippen LogP contribution >= 0.6 is 0 Å². The standard InChI is InChI=1S/C9H11N/c1-3-4-6-9(2)7-5-8-10/h3-4,6-7H,1,5H2,2H3. The summed E-state index contributed by atoms with van der Waals surface area (Å²) < 4.78 is 0. The fraction of sp³-hybridized carbons (Fsp3) is 0.222. The van der Waals surface area contributed by atoms with E-state index in [0.29, 0.717) is 6.42 Å². The summed E-state index contributed by atoms with van der Waals surface area (Å²) in [5.74, 6) is 0. The molecule has 0 saturated heterocycles. The summed E-state index contributed by atoms with van der Waals surface area (Å²) in [4.78, 5) is 0. The molecule has 1 nitrogen and oxygen atoms in total. The first kappa shape index (κ1) is 8.71. The predicted octanol–water partition coefficient (Wildman–Crippen LogP) is 2.59. The maximum atomic E-state index is 8.20. The molecule has 10 heavy (non-hydrogen) atoms. The van der Waals surface area contributed by atoms with Crippen LogP contribution in [0.2, 0.25) is 0 Å². The highest BCUT2D eigenvalue weighted by Crippen LogP contribution is 1.96. The number of hydrogen-bond donors (Lipinski definition) is 0. The number of rotatable bonds is 3. The van der Waals surface area contributed by atoms with Gasteiger partial charge >= 0.3 is 0 Å². The van der Waals surface area contributed by atoms with E-state index in [1.54, 1.807) is 6.08 Å². The largest absolute Gasteiger partial charge is 0.198 e. The smallest absolute Gasteiger partial charge is 0.0663 e. The van der Waals surface area contributed by atoms with E-state index in [0.717, 1.165) is 5.57 Å². The van der Waals surface area contributed by atoms with Gasteiger partial charge in [-0.25, -0.2) is 0 Å². The van der Waals surface area contributed by atoms with Gasteiger partial charge in [0.25, 0.3) is 0 Å². The highest BCUT2D eigenvalue weighted by molar-refractivity contribution is 5.20. The Morgan fingerprint density at radius 1 is 1.70 bits per heavy atom. The molecule has 52 valence electrons. The molecule has 0 amide bonds. The van der Waals surface area contributed by atoms with E-state index in [9.17, 15) is 0 Å². The van der Waals surface area contributed by atoms with Gasteiger partial charge in [-0.3, -0.25) is 0 Å². The summed E-state index contributed by atoms with van der Waals surface area (Å²) in [7, 11) is 0. The molecular weight excluding hydrogens is 122 g/mol. The van der Waals surface area contributed by atoms with Crippen LogP contribution in [0.4, 0.5) is 0 Å². The first-order chi connectivity index (χ1) is 4.81. The summed E-state index contributed by atoms with van der Waals surface area (Å²) in [5, 5.41) is 8.20. The van der Waals surface area contributed by atoms with Crippen molar-refractivity contribution in [2.24, 2.45) is 0 Å². The van der Waals surface area contributed by atoms with Crippen LogP contribution in [0.5, 0.6) is 0 Å². The van der Waals surface area contributed by atoms with Gasteiger partial charge in [-0.1, -0.05) is 36.5 Å². The van der Waals surface area contributed by atoms with Crippen molar-refractivity contribution in [3.63, 3.8) is 0 Å². The number of allylic oxidation sites excluding steroid dienone is 5. The molecule has 0 atom stereocenters. The molecule has 0 aromatic heterocycles. The van der Waals surface area contributed by atoms with E-state index in [2.05, 4.69) is 6.58 Å². The Bertz CT molecular complexity index is 191. The first-order valence-electron chi connectivity index (χ1n) is 3.14. The number of nitriles is 1. The highest BCUT2D eigenvalue weighted by atomic mass is 14.2. The lowest BCUT2D eigenvalue weighted by Crippen LogP contribution is -1.66. The van der Waals surface area contributed by atoms with Crippen LogP contribution in [0.1, 0.15) is 13.3 Å². The second-order valence-corrected chi connectivity index (χ2v) is 1.91. The first-order valence-corrected chi connectivity index (χ1v) is 3.14. The zero-order valence-corrected chi connectivity index (χ0v) is 6.17. The zero-order chi connectivity index (χ0) is 7.82. The molecule has 0 radical (unpaired) electrons. The van der Waals surface area contributed by atoms with E-state index >= 15 is 0 Å². The van der Waals surface area contributed by atoms with Crippen molar-refractivity contribution < 1.29 is 0 Å². The predicted molar refractivity (Wildman–Crippen MR) is 43.3 cm³/mol. The summed E-state index contributed by atoms with van der Waals surface area (Å²) >= 11 is 0. The van der Waals surface area contributed by atoms with E-state index in [-0.39, 0.29) is 0 Å². The van der Waals surface area contributed by atoms with Gasteiger partial charge < -0.3 is 0 Å². The van der Waals surface area contributed by atoms with Crippen molar-refractivity contribution in [2.45, 2.75) is 13.3 Å². The van der Waals surface area contributed by atoms with Crippen molar-refractivity contribution in [2.75, 3.05) is 0 Å². The van der Waals surface area contributed by atoms with Gasteiger partial charge in [-0.2, -0.15) is 5.26 Å². The molecule has 1 heteroatoms. The number of nitrogens with zero attached hydrogens (tertiary/aromatic N) is 1. The van der Waals surface area contributed by atoms with Crippen LogP contribution in [0, 0.1) is 11.3 Å². The van der Waals surface area contributed by atoms with Gasteiger partial charge in [-0.15, -0.1) is 0 Å². The topological polar surface area (TPSA) is 23.8 Å². The van der Waals surface area contributed by atoms with Gasteiger partial charge in [0.15, 0.2) is 0 Å². The van der Waals surface area contributed by atoms with E-state index < -0.39 is 0 Å². The third kappa shape index (κ3) is 4.86. The summed E-state index contributed by atoms with van der Waals surface area (Å²) in [6.45, 7) is 5.49. The van der Waals surface area contributed by atoms with Crippen LogP contribution in [0.25, 0.3) is 0 Å². The lowest BCUT2D eigenvalue weighted by Gasteiger charge is -1.85. The van der Waals surface area contributed by atoms with Gasteiger partial charge in [0, 0.05) is 0 Å². The molecule has 0 unspecified atom stereocenters. The van der Waals surface area contributed by atoms with Crippen molar-refractivity contribution in [1.29, 1.82) is 5.26 Å². The molecule has 0 aliphatic carbocycles. The molecule has 0 rings (SSSR count). The molecule has 0 aliphatic rings. The molecule has 0 saturated carbocycles. The van der Waals surface area contributed by atoms with E-state index in [1.165, 1.54) is 0 Å². The fourth-order valence-corrected chi connectivity index (χ4v) is 0.494. The fourth-order valence-electron chi connectivity index (χ4n) is 0.494. The van der Waals surface area contributed by atoms with Crippen molar-refractivity contribution >= 4 is 0 Å². The normalized spacial score (nSPS) is 11.4. The van der Waals surface area contributed by atoms with Crippen molar-refractivity contribution in [3.05, 3.63) is 36.5 Å². The van der Waals surface area contributed by atoms with Gasteiger partial charge in [-0.05, 0) is 6.92 Å². The van der Waals surface area contributed by atoms with Gasteiger partial charge in [0.2, 0.25) is 0 Å². The summed E-state index contributed by atoms with van der Waals surface area (Å²) in [5.41, 5.74) is 1.10. The molecule has 0 bridgehead atoms. The lowest BCUT2D eigenvalue weighted by molar-refractivity contribution is 1.31. The highest BCUT2D eigenvalue weighted by Gasteiger charge is 1.77. The Morgan fingerprint density at radius 2 is 2.40 bits per heavy atom. The Balaban J connectivity index is 3.83. The third-order valence-electron chi connectivity index (χ3n) is 1.01. The molecule has 0 aromatic carbocycles.